The van der Waals surface area contributed by atoms with Gasteiger partial charge in [0.1, 0.15) is 0 Å². The summed E-state index contributed by atoms with van der Waals surface area (Å²) in [5.41, 5.74) is 0.791. The minimum absolute atomic E-state index is 0.321. The summed E-state index contributed by atoms with van der Waals surface area (Å²) >= 11 is 11.6. The number of rotatable bonds is 4. The first-order valence-corrected chi connectivity index (χ1v) is 4.74. The molecular formula is C9H10Cl2FN. The van der Waals surface area contributed by atoms with Gasteiger partial charge in [-0.3, -0.25) is 4.39 Å². The van der Waals surface area contributed by atoms with Gasteiger partial charge in [0.25, 0.3) is 0 Å². The lowest BCUT2D eigenvalue weighted by atomic mass is 10.3. The molecule has 0 atom stereocenters. The summed E-state index contributed by atoms with van der Waals surface area (Å²) < 4.78 is 11.8. The number of nitrogens with one attached hydrogen (secondary N) is 1. The normalized spacial score (nSPS) is 10.1. The minimum atomic E-state index is -0.321. The second kappa shape index (κ2) is 5.30. The molecule has 1 aromatic rings. The number of halogens is 3. The molecule has 13 heavy (non-hydrogen) atoms. The van der Waals surface area contributed by atoms with E-state index in [1.54, 1.807) is 18.2 Å². The Morgan fingerprint density at radius 2 is 2.08 bits per heavy atom. The van der Waals surface area contributed by atoms with Gasteiger partial charge in [0, 0.05) is 11.6 Å². The summed E-state index contributed by atoms with van der Waals surface area (Å²) in [4.78, 5) is 0. The zero-order chi connectivity index (χ0) is 9.68. The molecule has 0 aromatic heterocycles. The van der Waals surface area contributed by atoms with Gasteiger partial charge in [0.15, 0.2) is 0 Å². The second-order valence-corrected chi connectivity index (χ2v) is 3.44. The van der Waals surface area contributed by atoms with Crippen molar-refractivity contribution < 1.29 is 4.39 Å². The van der Waals surface area contributed by atoms with E-state index in [-0.39, 0.29) is 6.67 Å². The van der Waals surface area contributed by atoms with Gasteiger partial charge < -0.3 is 5.32 Å². The van der Waals surface area contributed by atoms with Crippen LogP contribution in [0.25, 0.3) is 0 Å². The highest BCUT2D eigenvalue weighted by Gasteiger charge is 1.99. The molecule has 1 N–H and O–H groups in total. The average Bonchev–Trinajstić information content (AvgIpc) is 2.09. The van der Waals surface area contributed by atoms with Crippen molar-refractivity contribution in [3.05, 3.63) is 28.2 Å². The minimum Gasteiger partial charge on any atom is -0.384 e. The standard InChI is InChI=1S/C9H10Cl2FN/c10-7-2-3-9(8(11)6-7)13-5-1-4-12/h2-3,6,13H,1,4-5H2. The third-order valence-corrected chi connectivity index (χ3v) is 2.10. The molecule has 0 aliphatic rings. The molecule has 1 rings (SSSR count). The molecule has 1 aromatic carbocycles. The van der Waals surface area contributed by atoms with Gasteiger partial charge in [-0.15, -0.1) is 0 Å². The van der Waals surface area contributed by atoms with Crippen LogP contribution in [-0.4, -0.2) is 13.2 Å². The molecule has 0 amide bonds. The van der Waals surface area contributed by atoms with E-state index < -0.39 is 0 Å². The van der Waals surface area contributed by atoms with E-state index in [1.807, 2.05) is 0 Å². The Labute approximate surface area is 86.8 Å². The van der Waals surface area contributed by atoms with Crippen LogP contribution in [0.1, 0.15) is 6.42 Å². The predicted octanol–water partition coefficient (Wildman–Crippen LogP) is 3.76. The van der Waals surface area contributed by atoms with Gasteiger partial charge in [-0.05, 0) is 24.6 Å². The third kappa shape index (κ3) is 3.41. The summed E-state index contributed by atoms with van der Waals surface area (Å²) in [5, 5.41) is 4.17. The van der Waals surface area contributed by atoms with E-state index >= 15 is 0 Å². The smallest absolute Gasteiger partial charge is 0.0911 e. The summed E-state index contributed by atoms with van der Waals surface area (Å²) in [5.74, 6) is 0. The second-order valence-electron chi connectivity index (χ2n) is 2.59. The Morgan fingerprint density at radius 3 is 2.69 bits per heavy atom. The van der Waals surface area contributed by atoms with Crippen molar-refractivity contribution in [2.45, 2.75) is 6.42 Å². The monoisotopic (exact) mass is 221 g/mol. The van der Waals surface area contributed by atoms with Crippen LogP contribution in [0.2, 0.25) is 10.0 Å². The maximum atomic E-state index is 11.8. The topological polar surface area (TPSA) is 12.0 Å². The highest BCUT2D eigenvalue weighted by molar-refractivity contribution is 6.36. The fraction of sp³-hybridized carbons (Fsp3) is 0.333. The van der Waals surface area contributed by atoms with Crippen LogP contribution < -0.4 is 5.32 Å². The lowest BCUT2D eigenvalue weighted by Gasteiger charge is -2.06. The van der Waals surface area contributed by atoms with Crippen molar-refractivity contribution in [3.63, 3.8) is 0 Å². The molecule has 0 aliphatic heterocycles. The summed E-state index contributed by atoms with van der Waals surface area (Å²) in [6, 6.07) is 5.18. The molecule has 0 spiro atoms. The quantitative estimate of drug-likeness (QED) is 0.764. The van der Waals surface area contributed by atoms with E-state index in [9.17, 15) is 4.39 Å². The molecule has 0 saturated heterocycles. The van der Waals surface area contributed by atoms with Crippen molar-refractivity contribution in [1.29, 1.82) is 0 Å². The molecular weight excluding hydrogens is 212 g/mol. The van der Waals surface area contributed by atoms with E-state index in [1.165, 1.54) is 0 Å². The Hall–Kier alpha value is -0.470. The number of hydrogen-bond donors (Lipinski definition) is 1. The van der Waals surface area contributed by atoms with Crippen molar-refractivity contribution in [2.24, 2.45) is 0 Å². The summed E-state index contributed by atoms with van der Waals surface area (Å²) in [7, 11) is 0. The van der Waals surface area contributed by atoms with Crippen LogP contribution in [0.4, 0.5) is 10.1 Å². The van der Waals surface area contributed by atoms with E-state index in [4.69, 9.17) is 23.2 Å². The molecule has 0 heterocycles. The maximum Gasteiger partial charge on any atom is 0.0911 e. The lowest BCUT2D eigenvalue weighted by Crippen LogP contribution is -2.02. The highest BCUT2D eigenvalue weighted by atomic mass is 35.5. The molecule has 1 nitrogen and oxygen atoms in total. The first-order valence-electron chi connectivity index (χ1n) is 3.99. The van der Waals surface area contributed by atoms with E-state index in [0.717, 1.165) is 5.69 Å². The zero-order valence-electron chi connectivity index (χ0n) is 6.99. The fourth-order valence-electron chi connectivity index (χ4n) is 0.923. The summed E-state index contributed by atoms with van der Waals surface area (Å²) in [6.07, 6.45) is 0.485. The number of benzene rings is 1. The third-order valence-electron chi connectivity index (χ3n) is 1.56. The van der Waals surface area contributed by atoms with E-state index in [0.29, 0.717) is 23.0 Å². The number of anilines is 1. The van der Waals surface area contributed by atoms with Crippen LogP contribution in [0.3, 0.4) is 0 Å². The maximum absolute atomic E-state index is 11.8. The van der Waals surface area contributed by atoms with Crippen molar-refractivity contribution in [1.82, 2.24) is 0 Å². The van der Waals surface area contributed by atoms with Gasteiger partial charge in [0.05, 0.1) is 17.4 Å². The average molecular weight is 222 g/mol. The van der Waals surface area contributed by atoms with Gasteiger partial charge in [-0.2, -0.15) is 0 Å². The Balaban J connectivity index is 2.56. The molecule has 0 bridgehead atoms. The van der Waals surface area contributed by atoms with Crippen molar-refractivity contribution >= 4 is 28.9 Å². The predicted molar refractivity (Wildman–Crippen MR) is 55.5 cm³/mol. The van der Waals surface area contributed by atoms with E-state index in [2.05, 4.69) is 5.32 Å². The Bertz CT molecular complexity index is 278. The molecule has 0 saturated carbocycles. The molecule has 72 valence electrons. The SMILES string of the molecule is FCCCNc1ccc(Cl)cc1Cl. The number of alkyl halides is 1. The lowest BCUT2D eigenvalue weighted by molar-refractivity contribution is 0.481. The summed E-state index contributed by atoms with van der Waals surface area (Å²) in [6.45, 7) is 0.260. The number of hydrogen-bond acceptors (Lipinski definition) is 1. The first kappa shape index (κ1) is 10.6. The molecule has 4 heteroatoms. The van der Waals surface area contributed by atoms with Crippen LogP contribution in [-0.2, 0) is 0 Å². The van der Waals surface area contributed by atoms with Crippen LogP contribution in [0, 0.1) is 0 Å². The van der Waals surface area contributed by atoms with Gasteiger partial charge in [-0.1, -0.05) is 23.2 Å². The van der Waals surface area contributed by atoms with Crippen molar-refractivity contribution in [2.75, 3.05) is 18.5 Å². The van der Waals surface area contributed by atoms with Crippen LogP contribution in [0.5, 0.6) is 0 Å². The Morgan fingerprint density at radius 1 is 1.31 bits per heavy atom. The highest BCUT2D eigenvalue weighted by Crippen LogP contribution is 2.25. The van der Waals surface area contributed by atoms with Crippen LogP contribution in [0.15, 0.2) is 18.2 Å². The molecule has 0 aliphatic carbocycles. The largest absolute Gasteiger partial charge is 0.384 e. The van der Waals surface area contributed by atoms with Gasteiger partial charge in [-0.25, -0.2) is 0 Å². The first-order chi connectivity index (χ1) is 6.24. The molecule has 0 unspecified atom stereocenters. The Kier molecular flexibility index (Phi) is 4.33. The fourth-order valence-corrected chi connectivity index (χ4v) is 1.40. The van der Waals surface area contributed by atoms with Gasteiger partial charge in [0.2, 0.25) is 0 Å². The molecule has 0 fully saturated rings. The van der Waals surface area contributed by atoms with Crippen LogP contribution >= 0.6 is 23.2 Å². The molecule has 0 radical (unpaired) electrons. The zero-order valence-corrected chi connectivity index (χ0v) is 8.50. The van der Waals surface area contributed by atoms with Gasteiger partial charge >= 0.3 is 0 Å². The van der Waals surface area contributed by atoms with Crippen molar-refractivity contribution in [3.8, 4) is 0 Å².